The number of carbonyl (C=O) groups is 1. The molecule has 0 saturated heterocycles. The van der Waals surface area contributed by atoms with Crippen molar-refractivity contribution in [1.82, 2.24) is 5.32 Å². The van der Waals surface area contributed by atoms with E-state index in [1.807, 2.05) is 37.3 Å². The predicted octanol–water partition coefficient (Wildman–Crippen LogP) is 4.60. The van der Waals surface area contributed by atoms with Crippen molar-refractivity contribution in [2.24, 2.45) is 0 Å². The number of sulfonamides is 1. The van der Waals surface area contributed by atoms with E-state index in [1.54, 1.807) is 57.4 Å². The number of hydrogen-bond donors (Lipinski definition) is 2. The number of methoxy groups -OCH3 is 1. The number of carbonyl (C=O) groups excluding carboxylic acids is 1. The van der Waals surface area contributed by atoms with Gasteiger partial charge in [0, 0.05) is 0 Å². The van der Waals surface area contributed by atoms with Crippen LogP contribution in [-0.4, -0.2) is 21.4 Å². The summed E-state index contributed by atoms with van der Waals surface area (Å²) >= 11 is 0. The Hall–Kier alpha value is -3.32. The molecule has 0 unspecified atom stereocenters. The van der Waals surface area contributed by atoms with Crippen LogP contribution in [0.1, 0.15) is 40.0 Å². The molecule has 0 aliphatic heterocycles. The number of ether oxygens (including phenoxy) is 1. The maximum atomic E-state index is 13.1. The van der Waals surface area contributed by atoms with E-state index in [-0.39, 0.29) is 28.1 Å². The third-order valence-electron chi connectivity index (χ3n) is 5.05. The lowest BCUT2D eigenvalue weighted by Crippen LogP contribution is -2.28. The van der Waals surface area contributed by atoms with Crippen molar-refractivity contribution < 1.29 is 17.9 Å². The van der Waals surface area contributed by atoms with Gasteiger partial charge in [0.1, 0.15) is 5.75 Å². The zero-order chi connectivity index (χ0) is 22.6. The Balaban J connectivity index is 1.88. The first-order chi connectivity index (χ1) is 14.7. The van der Waals surface area contributed by atoms with E-state index in [1.165, 1.54) is 0 Å². The highest BCUT2D eigenvalue weighted by molar-refractivity contribution is 7.92. The van der Waals surface area contributed by atoms with Crippen LogP contribution < -0.4 is 14.8 Å². The summed E-state index contributed by atoms with van der Waals surface area (Å²) in [5, 5.41) is 2.92. The molecule has 162 valence electrons. The van der Waals surface area contributed by atoms with E-state index in [9.17, 15) is 13.2 Å². The van der Waals surface area contributed by atoms with Gasteiger partial charge in [-0.1, -0.05) is 42.5 Å². The third-order valence-corrected chi connectivity index (χ3v) is 6.55. The summed E-state index contributed by atoms with van der Waals surface area (Å²) in [4.78, 5) is 13.1. The molecule has 0 aliphatic rings. The summed E-state index contributed by atoms with van der Waals surface area (Å²) in [6.07, 6.45) is 0. The molecule has 1 amide bonds. The monoisotopic (exact) mass is 438 g/mol. The average molecular weight is 439 g/mol. The number of aryl methyl sites for hydroxylation is 2. The number of nitrogens with one attached hydrogen (secondary N) is 2. The van der Waals surface area contributed by atoms with Crippen LogP contribution in [0.15, 0.2) is 71.6 Å². The zero-order valence-corrected chi connectivity index (χ0v) is 18.8. The summed E-state index contributed by atoms with van der Waals surface area (Å²) in [6.45, 7) is 5.36. The lowest BCUT2D eigenvalue weighted by molar-refractivity contribution is 0.0941. The topological polar surface area (TPSA) is 84.5 Å². The van der Waals surface area contributed by atoms with Crippen molar-refractivity contribution in [3.63, 3.8) is 0 Å². The molecule has 2 N–H and O–H groups in total. The summed E-state index contributed by atoms with van der Waals surface area (Å²) in [5.41, 5.74) is 2.67. The molecule has 0 heterocycles. The van der Waals surface area contributed by atoms with Gasteiger partial charge in [0.2, 0.25) is 0 Å². The van der Waals surface area contributed by atoms with Gasteiger partial charge in [0.05, 0.1) is 29.3 Å². The van der Waals surface area contributed by atoms with Gasteiger partial charge < -0.3 is 10.1 Å². The van der Waals surface area contributed by atoms with Crippen LogP contribution in [0.25, 0.3) is 0 Å². The highest BCUT2D eigenvalue weighted by Crippen LogP contribution is 2.28. The second kappa shape index (κ2) is 9.22. The van der Waals surface area contributed by atoms with Gasteiger partial charge in [-0.05, 0) is 61.7 Å². The quantitative estimate of drug-likeness (QED) is 0.564. The van der Waals surface area contributed by atoms with E-state index in [2.05, 4.69) is 10.0 Å². The zero-order valence-electron chi connectivity index (χ0n) is 18.0. The molecule has 1 atom stereocenters. The van der Waals surface area contributed by atoms with Gasteiger partial charge in [0.25, 0.3) is 15.9 Å². The normalized spacial score (nSPS) is 12.1. The maximum Gasteiger partial charge on any atom is 0.262 e. The predicted molar refractivity (Wildman–Crippen MR) is 122 cm³/mol. The second-order valence-corrected chi connectivity index (χ2v) is 9.00. The summed E-state index contributed by atoms with van der Waals surface area (Å²) in [6, 6.07) is 19.1. The summed E-state index contributed by atoms with van der Waals surface area (Å²) < 4.78 is 34.1. The number of rotatable bonds is 7. The first-order valence-corrected chi connectivity index (χ1v) is 11.3. The molecule has 0 aliphatic carbocycles. The number of amides is 1. The van der Waals surface area contributed by atoms with Gasteiger partial charge >= 0.3 is 0 Å². The van der Waals surface area contributed by atoms with Crippen LogP contribution in [0.5, 0.6) is 5.75 Å². The summed E-state index contributed by atoms with van der Waals surface area (Å²) in [7, 11) is -2.37. The van der Waals surface area contributed by atoms with Crippen LogP contribution in [0.2, 0.25) is 0 Å². The van der Waals surface area contributed by atoms with Crippen LogP contribution in [0, 0.1) is 13.8 Å². The molecular weight excluding hydrogens is 412 g/mol. The standard InChI is InChI=1S/C24H26N2O4S/c1-16-15-23(17(2)14-22(16)30-4)31(28,29)26-21-13-9-8-12-20(21)24(27)25-18(3)19-10-6-5-7-11-19/h5-15,18,26H,1-4H3,(H,25,27)/t18-/m0/s1. The van der Waals surface area contributed by atoms with Gasteiger partial charge in [-0.2, -0.15) is 0 Å². The fourth-order valence-electron chi connectivity index (χ4n) is 3.34. The van der Waals surface area contributed by atoms with Crippen molar-refractivity contribution in [3.8, 4) is 5.75 Å². The number of hydrogen-bond acceptors (Lipinski definition) is 4. The van der Waals surface area contributed by atoms with Gasteiger partial charge in [-0.3, -0.25) is 9.52 Å². The molecule has 7 heteroatoms. The molecule has 3 aromatic carbocycles. The van der Waals surface area contributed by atoms with Crippen molar-refractivity contribution in [2.45, 2.75) is 31.7 Å². The second-order valence-electron chi connectivity index (χ2n) is 7.34. The van der Waals surface area contributed by atoms with E-state index in [0.29, 0.717) is 16.9 Å². The van der Waals surface area contributed by atoms with E-state index >= 15 is 0 Å². The van der Waals surface area contributed by atoms with E-state index in [4.69, 9.17) is 4.74 Å². The minimum atomic E-state index is -3.91. The van der Waals surface area contributed by atoms with Gasteiger partial charge in [-0.15, -0.1) is 0 Å². The number of para-hydroxylation sites is 1. The Bertz CT molecular complexity index is 1190. The molecule has 31 heavy (non-hydrogen) atoms. The molecule has 3 aromatic rings. The SMILES string of the molecule is COc1cc(C)c(S(=O)(=O)Nc2ccccc2C(=O)N[C@@H](C)c2ccccc2)cc1C. The van der Waals surface area contributed by atoms with Crippen LogP contribution in [0.4, 0.5) is 5.69 Å². The molecule has 0 aromatic heterocycles. The van der Waals surface area contributed by atoms with E-state index < -0.39 is 10.0 Å². The van der Waals surface area contributed by atoms with Crippen LogP contribution >= 0.6 is 0 Å². The van der Waals surface area contributed by atoms with Crippen molar-refractivity contribution in [1.29, 1.82) is 0 Å². The molecule has 3 rings (SSSR count). The average Bonchev–Trinajstić information content (AvgIpc) is 2.75. The Labute approximate surface area is 183 Å². The Kier molecular flexibility index (Phi) is 6.65. The van der Waals surface area contributed by atoms with Gasteiger partial charge in [0.15, 0.2) is 0 Å². The lowest BCUT2D eigenvalue weighted by Gasteiger charge is -2.18. The van der Waals surface area contributed by atoms with Gasteiger partial charge in [-0.25, -0.2) is 8.42 Å². The van der Waals surface area contributed by atoms with Crippen molar-refractivity contribution in [3.05, 3.63) is 89.0 Å². The first-order valence-electron chi connectivity index (χ1n) is 9.86. The molecule has 0 fully saturated rings. The van der Waals surface area contributed by atoms with Crippen molar-refractivity contribution >= 4 is 21.6 Å². The summed E-state index contributed by atoms with van der Waals surface area (Å²) in [5.74, 6) is 0.253. The Morgan fingerprint density at radius 3 is 2.26 bits per heavy atom. The largest absolute Gasteiger partial charge is 0.496 e. The molecule has 0 spiro atoms. The molecule has 0 radical (unpaired) electrons. The lowest BCUT2D eigenvalue weighted by atomic mass is 10.1. The Morgan fingerprint density at radius 1 is 0.935 bits per heavy atom. The Morgan fingerprint density at radius 2 is 1.58 bits per heavy atom. The van der Waals surface area contributed by atoms with Crippen molar-refractivity contribution in [2.75, 3.05) is 11.8 Å². The smallest absolute Gasteiger partial charge is 0.262 e. The number of anilines is 1. The highest BCUT2D eigenvalue weighted by Gasteiger charge is 2.22. The molecular formula is C24H26N2O4S. The minimum absolute atomic E-state index is 0.138. The third kappa shape index (κ3) is 5.06. The molecule has 0 saturated carbocycles. The van der Waals surface area contributed by atoms with Crippen LogP contribution in [0.3, 0.4) is 0 Å². The molecule has 6 nitrogen and oxygen atoms in total. The molecule has 0 bridgehead atoms. The highest BCUT2D eigenvalue weighted by atomic mass is 32.2. The van der Waals surface area contributed by atoms with Crippen LogP contribution in [-0.2, 0) is 10.0 Å². The fraction of sp³-hybridized carbons (Fsp3) is 0.208. The van der Waals surface area contributed by atoms with E-state index in [0.717, 1.165) is 5.56 Å². The maximum absolute atomic E-state index is 13.1. The minimum Gasteiger partial charge on any atom is -0.496 e. The first kappa shape index (κ1) is 22.4. The fourth-order valence-corrected chi connectivity index (χ4v) is 4.73. The number of benzene rings is 3.